The van der Waals surface area contributed by atoms with Gasteiger partial charge in [-0.25, -0.2) is 0 Å². The molecule has 1 amide bonds. The number of carbonyl (C=O) groups is 1. The van der Waals surface area contributed by atoms with Crippen LogP contribution in [0.1, 0.15) is 31.7 Å². The Bertz CT molecular complexity index is 1000. The molecule has 2 heterocycles. The third-order valence-corrected chi connectivity index (χ3v) is 6.56. The molecule has 6 heteroatoms. The van der Waals surface area contributed by atoms with Crippen molar-refractivity contribution < 1.29 is 4.79 Å². The van der Waals surface area contributed by atoms with E-state index in [2.05, 4.69) is 62.6 Å². The Morgan fingerprint density at radius 2 is 1.68 bits per heavy atom. The van der Waals surface area contributed by atoms with Crippen molar-refractivity contribution in [3.05, 3.63) is 78.4 Å². The van der Waals surface area contributed by atoms with Crippen molar-refractivity contribution in [2.24, 2.45) is 5.92 Å². The molecule has 4 rings (SSSR count). The van der Waals surface area contributed by atoms with Gasteiger partial charge in [-0.1, -0.05) is 67.6 Å². The van der Waals surface area contributed by atoms with E-state index in [4.69, 9.17) is 0 Å². The van der Waals surface area contributed by atoms with Crippen molar-refractivity contribution >= 4 is 11.7 Å². The zero-order chi connectivity index (χ0) is 23.6. The summed E-state index contributed by atoms with van der Waals surface area (Å²) in [6.45, 7) is 7.54. The largest absolute Gasteiger partial charge is 0.356 e. The monoisotopic (exact) mass is 457 g/mol. The first-order valence-electron chi connectivity index (χ1n) is 12.4. The fourth-order valence-corrected chi connectivity index (χ4v) is 4.48. The molecule has 0 aliphatic carbocycles. The van der Waals surface area contributed by atoms with Crippen LogP contribution in [0.3, 0.4) is 0 Å². The van der Waals surface area contributed by atoms with Gasteiger partial charge >= 0.3 is 0 Å². The molecular formula is C28H35N5O. The molecule has 1 aromatic heterocycles. The Hall–Kier alpha value is -3.25. The highest BCUT2D eigenvalue weighted by atomic mass is 16.1. The topological polar surface area (TPSA) is 61.4 Å². The molecule has 1 aliphatic heterocycles. The van der Waals surface area contributed by atoms with Crippen LogP contribution in [0.4, 0.5) is 5.82 Å². The Balaban J connectivity index is 1.16. The number of amides is 1. The van der Waals surface area contributed by atoms with Crippen molar-refractivity contribution in [1.82, 2.24) is 20.4 Å². The van der Waals surface area contributed by atoms with Gasteiger partial charge in [0.2, 0.25) is 5.91 Å². The maximum absolute atomic E-state index is 12.7. The van der Waals surface area contributed by atoms with Crippen molar-refractivity contribution in [2.75, 3.05) is 37.6 Å². The molecule has 1 aliphatic rings. The van der Waals surface area contributed by atoms with Gasteiger partial charge in [0.15, 0.2) is 5.82 Å². The van der Waals surface area contributed by atoms with E-state index in [1.165, 1.54) is 5.56 Å². The number of carbonyl (C=O) groups excluding carboxylic acids is 1. The van der Waals surface area contributed by atoms with Gasteiger partial charge in [0.1, 0.15) is 0 Å². The summed E-state index contributed by atoms with van der Waals surface area (Å²) in [4.78, 5) is 17.3. The number of hydrogen-bond donors (Lipinski definition) is 1. The van der Waals surface area contributed by atoms with Crippen molar-refractivity contribution in [3.8, 4) is 11.3 Å². The lowest BCUT2D eigenvalue weighted by atomic mass is 9.96. The van der Waals surface area contributed by atoms with Gasteiger partial charge in [-0.2, -0.15) is 0 Å². The van der Waals surface area contributed by atoms with E-state index in [9.17, 15) is 4.79 Å². The molecule has 3 aromatic rings. The third kappa shape index (κ3) is 6.64. The molecule has 0 spiro atoms. The standard InChI is InChI=1S/C28H35N5O/c1-2-32(22-23-10-5-3-6-11-23)19-9-18-29-28(34)25-16-20-33(21-17-25)27-15-14-26(30-31-27)24-12-7-4-8-13-24/h3-8,10-15,25H,2,9,16-22H2,1H3,(H,29,34). The number of rotatable bonds is 10. The first kappa shape index (κ1) is 23.9. The molecule has 1 fully saturated rings. The number of nitrogens with one attached hydrogen (secondary N) is 1. The van der Waals surface area contributed by atoms with Crippen LogP contribution in [0.15, 0.2) is 72.8 Å². The summed E-state index contributed by atoms with van der Waals surface area (Å²) in [5.74, 6) is 1.16. The van der Waals surface area contributed by atoms with Crippen LogP contribution in [0.2, 0.25) is 0 Å². The van der Waals surface area contributed by atoms with Crippen LogP contribution in [0.25, 0.3) is 11.3 Å². The molecule has 34 heavy (non-hydrogen) atoms. The smallest absolute Gasteiger partial charge is 0.223 e. The number of aromatic nitrogens is 2. The summed E-state index contributed by atoms with van der Waals surface area (Å²) in [6, 6.07) is 24.7. The summed E-state index contributed by atoms with van der Waals surface area (Å²) in [6.07, 6.45) is 2.67. The number of hydrogen-bond acceptors (Lipinski definition) is 5. The molecule has 0 unspecified atom stereocenters. The number of nitrogens with zero attached hydrogens (tertiary/aromatic N) is 4. The van der Waals surface area contributed by atoms with E-state index >= 15 is 0 Å². The van der Waals surface area contributed by atoms with Gasteiger partial charge in [-0.15, -0.1) is 10.2 Å². The second-order valence-electron chi connectivity index (χ2n) is 8.90. The summed E-state index contributed by atoms with van der Waals surface area (Å²) in [5.41, 5.74) is 3.28. The summed E-state index contributed by atoms with van der Waals surface area (Å²) < 4.78 is 0. The zero-order valence-corrected chi connectivity index (χ0v) is 20.1. The van der Waals surface area contributed by atoms with Crippen LogP contribution in [0, 0.1) is 5.92 Å². The molecular weight excluding hydrogens is 422 g/mol. The maximum Gasteiger partial charge on any atom is 0.223 e. The second-order valence-corrected chi connectivity index (χ2v) is 8.90. The maximum atomic E-state index is 12.7. The Kier molecular flexibility index (Phi) is 8.63. The fraction of sp³-hybridized carbons (Fsp3) is 0.393. The van der Waals surface area contributed by atoms with E-state index in [1.807, 2.05) is 42.5 Å². The summed E-state index contributed by atoms with van der Waals surface area (Å²) >= 11 is 0. The molecule has 0 saturated carbocycles. The second kappa shape index (κ2) is 12.3. The van der Waals surface area contributed by atoms with Crippen molar-refractivity contribution in [2.45, 2.75) is 32.7 Å². The molecule has 1 N–H and O–H groups in total. The number of piperidine rings is 1. The van der Waals surface area contributed by atoms with Gasteiger partial charge in [-0.05, 0) is 43.5 Å². The highest BCUT2D eigenvalue weighted by Gasteiger charge is 2.25. The van der Waals surface area contributed by atoms with Gasteiger partial charge in [-0.3, -0.25) is 9.69 Å². The number of benzene rings is 2. The number of anilines is 1. The fourth-order valence-electron chi connectivity index (χ4n) is 4.48. The predicted molar refractivity (Wildman–Crippen MR) is 137 cm³/mol. The van der Waals surface area contributed by atoms with E-state index in [1.54, 1.807) is 0 Å². The van der Waals surface area contributed by atoms with Gasteiger partial charge in [0, 0.05) is 44.2 Å². The predicted octanol–water partition coefficient (Wildman–Crippen LogP) is 4.39. The summed E-state index contributed by atoms with van der Waals surface area (Å²) in [7, 11) is 0. The SMILES string of the molecule is CCN(CCCNC(=O)C1CCN(c2ccc(-c3ccccc3)nn2)CC1)Cc1ccccc1. The third-order valence-electron chi connectivity index (χ3n) is 6.56. The van der Waals surface area contributed by atoms with Gasteiger partial charge in [0.05, 0.1) is 5.69 Å². The molecule has 178 valence electrons. The molecule has 6 nitrogen and oxygen atoms in total. The summed E-state index contributed by atoms with van der Waals surface area (Å²) in [5, 5.41) is 12.0. The quantitative estimate of drug-likeness (QED) is 0.458. The van der Waals surface area contributed by atoms with Gasteiger partial charge < -0.3 is 10.2 Å². The minimum Gasteiger partial charge on any atom is -0.356 e. The molecule has 0 bridgehead atoms. The first-order chi connectivity index (χ1) is 16.7. The van der Waals surface area contributed by atoms with Crippen LogP contribution >= 0.6 is 0 Å². The normalized spacial score (nSPS) is 14.4. The average Bonchev–Trinajstić information content (AvgIpc) is 2.91. The minimum atomic E-state index is 0.0828. The molecule has 2 aromatic carbocycles. The Morgan fingerprint density at radius 3 is 2.32 bits per heavy atom. The minimum absolute atomic E-state index is 0.0828. The van der Waals surface area contributed by atoms with Crippen molar-refractivity contribution in [3.63, 3.8) is 0 Å². The highest BCUT2D eigenvalue weighted by Crippen LogP contribution is 2.23. The zero-order valence-electron chi connectivity index (χ0n) is 20.1. The highest BCUT2D eigenvalue weighted by molar-refractivity contribution is 5.79. The van der Waals surface area contributed by atoms with Gasteiger partial charge in [0.25, 0.3) is 0 Å². The first-order valence-corrected chi connectivity index (χ1v) is 12.4. The Labute approximate surface area is 203 Å². The van der Waals surface area contributed by atoms with E-state index in [0.29, 0.717) is 0 Å². The molecule has 1 saturated heterocycles. The van der Waals surface area contributed by atoms with E-state index in [0.717, 1.165) is 75.6 Å². The lowest BCUT2D eigenvalue weighted by Gasteiger charge is -2.32. The lowest BCUT2D eigenvalue weighted by molar-refractivity contribution is -0.125. The van der Waals surface area contributed by atoms with Crippen LogP contribution in [-0.4, -0.2) is 53.7 Å². The lowest BCUT2D eigenvalue weighted by Crippen LogP contribution is -2.41. The van der Waals surface area contributed by atoms with Crippen molar-refractivity contribution in [1.29, 1.82) is 0 Å². The van der Waals surface area contributed by atoms with Crippen LogP contribution in [-0.2, 0) is 11.3 Å². The molecule has 0 radical (unpaired) electrons. The van der Waals surface area contributed by atoms with Crippen LogP contribution in [0.5, 0.6) is 0 Å². The molecule has 0 atom stereocenters. The average molecular weight is 458 g/mol. The van der Waals surface area contributed by atoms with E-state index < -0.39 is 0 Å². The Morgan fingerprint density at radius 1 is 0.971 bits per heavy atom. The van der Waals surface area contributed by atoms with E-state index in [-0.39, 0.29) is 11.8 Å². The van der Waals surface area contributed by atoms with Crippen LogP contribution < -0.4 is 10.2 Å².